The van der Waals surface area contributed by atoms with Crippen LogP contribution in [-0.4, -0.2) is 16.4 Å². The SMILES string of the molecule is CC(C)(C)NC(=O)c1ccc(N(Cc2ccccc2)c2ccccc2)nc1. The van der Waals surface area contributed by atoms with E-state index in [0.29, 0.717) is 12.1 Å². The lowest BCUT2D eigenvalue weighted by atomic mass is 10.1. The second kappa shape index (κ2) is 8.04. The molecule has 0 bridgehead atoms. The zero-order valence-corrected chi connectivity index (χ0v) is 16.0. The van der Waals surface area contributed by atoms with Crippen LogP contribution in [0.1, 0.15) is 36.7 Å². The smallest absolute Gasteiger partial charge is 0.253 e. The molecule has 0 aliphatic heterocycles. The van der Waals surface area contributed by atoms with Crippen molar-refractivity contribution in [2.24, 2.45) is 0 Å². The molecule has 4 nitrogen and oxygen atoms in total. The largest absolute Gasteiger partial charge is 0.347 e. The number of para-hydroxylation sites is 1. The lowest BCUT2D eigenvalue weighted by Crippen LogP contribution is -2.40. The van der Waals surface area contributed by atoms with Gasteiger partial charge in [-0.05, 0) is 50.6 Å². The van der Waals surface area contributed by atoms with E-state index in [1.807, 2.05) is 69.3 Å². The molecule has 1 heterocycles. The third-order valence-corrected chi connectivity index (χ3v) is 4.03. The average molecular weight is 359 g/mol. The van der Waals surface area contributed by atoms with Crippen LogP contribution >= 0.6 is 0 Å². The van der Waals surface area contributed by atoms with Crippen LogP contribution in [0.5, 0.6) is 0 Å². The summed E-state index contributed by atoms with van der Waals surface area (Å²) < 4.78 is 0. The Morgan fingerprint density at radius 3 is 2.11 bits per heavy atom. The molecule has 0 unspecified atom stereocenters. The van der Waals surface area contributed by atoms with Crippen LogP contribution in [0.15, 0.2) is 79.0 Å². The summed E-state index contributed by atoms with van der Waals surface area (Å²) in [4.78, 5) is 19.0. The first-order valence-electron chi connectivity index (χ1n) is 9.07. The molecule has 0 radical (unpaired) electrons. The fourth-order valence-corrected chi connectivity index (χ4v) is 2.77. The fraction of sp³-hybridized carbons (Fsp3) is 0.217. The molecule has 0 aliphatic rings. The molecule has 0 saturated carbocycles. The minimum Gasteiger partial charge on any atom is -0.347 e. The van der Waals surface area contributed by atoms with E-state index in [-0.39, 0.29) is 11.4 Å². The number of nitrogens with zero attached hydrogens (tertiary/aromatic N) is 2. The molecule has 4 heteroatoms. The number of aromatic nitrogens is 1. The molecule has 0 spiro atoms. The van der Waals surface area contributed by atoms with Crippen molar-refractivity contribution in [1.82, 2.24) is 10.3 Å². The third kappa shape index (κ3) is 5.17. The van der Waals surface area contributed by atoms with Crippen LogP contribution in [-0.2, 0) is 6.54 Å². The van der Waals surface area contributed by atoms with Gasteiger partial charge in [-0.25, -0.2) is 4.98 Å². The van der Waals surface area contributed by atoms with Crippen LogP contribution < -0.4 is 10.2 Å². The summed E-state index contributed by atoms with van der Waals surface area (Å²) in [6, 6.07) is 24.1. The molecule has 0 atom stereocenters. The first kappa shape index (κ1) is 18.6. The monoisotopic (exact) mass is 359 g/mol. The Morgan fingerprint density at radius 2 is 1.56 bits per heavy atom. The zero-order chi connectivity index (χ0) is 19.3. The van der Waals surface area contributed by atoms with Crippen molar-refractivity contribution in [1.29, 1.82) is 0 Å². The molecule has 138 valence electrons. The second-order valence-electron chi connectivity index (χ2n) is 7.52. The summed E-state index contributed by atoms with van der Waals surface area (Å²) in [7, 11) is 0. The van der Waals surface area contributed by atoms with Crippen molar-refractivity contribution < 1.29 is 4.79 Å². The molecule has 3 aromatic rings. The summed E-state index contributed by atoms with van der Waals surface area (Å²) >= 11 is 0. The second-order valence-corrected chi connectivity index (χ2v) is 7.52. The van der Waals surface area contributed by atoms with Crippen molar-refractivity contribution in [3.05, 3.63) is 90.1 Å². The van der Waals surface area contributed by atoms with Crippen molar-refractivity contribution >= 4 is 17.4 Å². The Balaban J connectivity index is 1.87. The fourth-order valence-electron chi connectivity index (χ4n) is 2.77. The minimum atomic E-state index is -0.279. The van der Waals surface area contributed by atoms with Gasteiger partial charge in [-0.15, -0.1) is 0 Å². The van der Waals surface area contributed by atoms with Crippen LogP contribution in [0.3, 0.4) is 0 Å². The van der Waals surface area contributed by atoms with Gasteiger partial charge in [0.25, 0.3) is 5.91 Å². The average Bonchev–Trinajstić information content (AvgIpc) is 2.66. The number of pyridine rings is 1. The maximum Gasteiger partial charge on any atom is 0.253 e. The normalized spacial score (nSPS) is 11.1. The number of benzene rings is 2. The predicted molar refractivity (Wildman–Crippen MR) is 110 cm³/mol. The molecular formula is C23H25N3O. The summed E-state index contributed by atoms with van der Waals surface area (Å²) in [5, 5.41) is 2.96. The van der Waals surface area contributed by atoms with E-state index < -0.39 is 0 Å². The number of amides is 1. The van der Waals surface area contributed by atoms with Crippen molar-refractivity contribution in [3.63, 3.8) is 0 Å². The summed E-state index contributed by atoms with van der Waals surface area (Å²) in [5.74, 6) is 0.688. The van der Waals surface area contributed by atoms with Gasteiger partial charge in [-0.1, -0.05) is 48.5 Å². The molecule has 0 saturated heterocycles. The van der Waals surface area contributed by atoms with Crippen LogP contribution in [0, 0.1) is 0 Å². The number of hydrogen-bond acceptors (Lipinski definition) is 3. The van der Waals surface area contributed by atoms with Gasteiger partial charge in [0, 0.05) is 24.0 Å². The first-order chi connectivity index (χ1) is 12.9. The van der Waals surface area contributed by atoms with E-state index in [4.69, 9.17) is 0 Å². The lowest BCUT2D eigenvalue weighted by molar-refractivity contribution is 0.0919. The van der Waals surface area contributed by atoms with Crippen molar-refractivity contribution in [3.8, 4) is 0 Å². The van der Waals surface area contributed by atoms with Gasteiger partial charge in [0.15, 0.2) is 0 Å². The first-order valence-corrected chi connectivity index (χ1v) is 9.07. The maximum absolute atomic E-state index is 12.3. The van der Waals surface area contributed by atoms with E-state index in [9.17, 15) is 4.79 Å². The Kier molecular flexibility index (Phi) is 5.55. The molecule has 27 heavy (non-hydrogen) atoms. The molecule has 1 aromatic heterocycles. The molecule has 1 N–H and O–H groups in total. The molecule has 1 amide bonds. The van der Waals surface area contributed by atoms with Crippen molar-refractivity contribution in [2.75, 3.05) is 4.90 Å². The summed E-state index contributed by atoms with van der Waals surface area (Å²) in [6.07, 6.45) is 1.64. The zero-order valence-electron chi connectivity index (χ0n) is 16.0. The minimum absolute atomic E-state index is 0.115. The highest BCUT2D eigenvalue weighted by molar-refractivity contribution is 5.94. The maximum atomic E-state index is 12.3. The molecule has 0 fully saturated rings. The van der Waals surface area contributed by atoms with E-state index in [0.717, 1.165) is 11.5 Å². The molecule has 3 rings (SSSR count). The number of carbonyl (C=O) groups is 1. The van der Waals surface area contributed by atoms with Gasteiger partial charge in [-0.3, -0.25) is 4.79 Å². The molecule has 0 aliphatic carbocycles. The van der Waals surface area contributed by atoms with E-state index in [1.54, 1.807) is 6.20 Å². The van der Waals surface area contributed by atoms with Crippen LogP contribution in [0.25, 0.3) is 0 Å². The van der Waals surface area contributed by atoms with Gasteiger partial charge in [0.05, 0.1) is 5.56 Å². The van der Waals surface area contributed by atoms with Crippen LogP contribution in [0.4, 0.5) is 11.5 Å². The van der Waals surface area contributed by atoms with Gasteiger partial charge >= 0.3 is 0 Å². The Hall–Kier alpha value is -3.14. The molecule has 2 aromatic carbocycles. The van der Waals surface area contributed by atoms with Gasteiger partial charge in [0.2, 0.25) is 0 Å². The van der Waals surface area contributed by atoms with Gasteiger partial charge < -0.3 is 10.2 Å². The lowest BCUT2D eigenvalue weighted by Gasteiger charge is -2.24. The Bertz CT molecular complexity index is 869. The quantitative estimate of drug-likeness (QED) is 0.701. The summed E-state index contributed by atoms with van der Waals surface area (Å²) in [6.45, 7) is 6.59. The third-order valence-electron chi connectivity index (χ3n) is 4.03. The highest BCUT2D eigenvalue weighted by Crippen LogP contribution is 2.25. The molecular weight excluding hydrogens is 334 g/mol. The topological polar surface area (TPSA) is 45.2 Å². The van der Waals surface area contributed by atoms with E-state index in [2.05, 4.69) is 39.5 Å². The highest BCUT2D eigenvalue weighted by atomic mass is 16.1. The summed E-state index contributed by atoms with van der Waals surface area (Å²) in [5.41, 5.74) is 2.53. The number of carbonyl (C=O) groups excluding carboxylic acids is 1. The highest BCUT2D eigenvalue weighted by Gasteiger charge is 2.17. The number of nitrogens with one attached hydrogen (secondary N) is 1. The van der Waals surface area contributed by atoms with E-state index >= 15 is 0 Å². The number of anilines is 2. The predicted octanol–water partition coefficient (Wildman–Crippen LogP) is 4.95. The van der Waals surface area contributed by atoms with Gasteiger partial charge in [0.1, 0.15) is 5.82 Å². The Labute approximate surface area is 160 Å². The van der Waals surface area contributed by atoms with Crippen molar-refractivity contribution in [2.45, 2.75) is 32.9 Å². The number of rotatable bonds is 5. The van der Waals surface area contributed by atoms with Crippen LogP contribution in [0.2, 0.25) is 0 Å². The standard InChI is InChI=1S/C23H25N3O/c1-23(2,3)25-22(27)19-14-15-21(24-16-19)26(20-12-8-5-9-13-20)17-18-10-6-4-7-11-18/h4-16H,17H2,1-3H3,(H,25,27). The number of hydrogen-bond donors (Lipinski definition) is 1. The van der Waals surface area contributed by atoms with Gasteiger partial charge in [-0.2, -0.15) is 0 Å². The Morgan fingerprint density at radius 1 is 0.926 bits per heavy atom. The van der Waals surface area contributed by atoms with E-state index in [1.165, 1.54) is 5.56 Å².